The first kappa shape index (κ1) is 8.97. The molecule has 16 heavy (non-hydrogen) atoms. The minimum absolute atomic E-state index is 0.624. The summed E-state index contributed by atoms with van der Waals surface area (Å²) in [7, 11) is 0. The Morgan fingerprint density at radius 1 is 0.875 bits per heavy atom. The average Bonchev–Trinajstić information content (AvgIpc) is 2.39. The number of hydrogen-bond donors (Lipinski definition) is 0. The van der Waals surface area contributed by atoms with Gasteiger partial charge in [0.2, 0.25) is 0 Å². The first-order valence-electron chi connectivity index (χ1n) is 4.98. The van der Waals surface area contributed by atoms with Gasteiger partial charge in [0.15, 0.2) is 17.3 Å². The highest BCUT2D eigenvalue weighted by molar-refractivity contribution is 5.62. The predicted molar refractivity (Wildman–Crippen MR) is 59.9 cm³/mol. The van der Waals surface area contributed by atoms with Crippen LogP contribution in [0.4, 0.5) is 0 Å². The maximum absolute atomic E-state index is 5.69. The molecule has 0 radical (unpaired) electrons. The summed E-state index contributed by atoms with van der Waals surface area (Å²) in [6.07, 6.45) is 3.30. The maximum atomic E-state index is 5.69. The number of nitrogens with zero attached hydrogens (tertiary/aromatic N) is 1. The molecular weight excluding hydrogens is 202 g/mol. The zero-order chi connectivity index (χ0) is 10.8. The lowest BCUT2D eigenvalue weighted by molar-refractivity contribution is 0.382. The van der Waals surface area contributed by atoms with Crippen LogP contribution in [0.2, 0.25) is 0 Å². The molecule has 0 saturated carbocycles. The third-order valence-electron chi connectivity index (χ3n) is 2.28. The minimum Gasteiger partial charge on any atom is -0.457 e. The number of fused-ring (bicyclic) bond motifs is 1. The molecule has 0 aliphatic carbocycles. The van der Waals surface area contributed by atoms with E-state index in [1.165, 1.54) is 0 Å². The number of benzene rings is 1. The standard InChI is InChI=1S/C13H9NO2/c1-2-7-12-11(6-1)15-9-13(16-12)10-5-3-4-8-14-10/h1-9H. The Kier molecular flexibility index (Phi) is 2.07. The highest BCUT2D eigenvalue weighted by Crippen LogP contribution is 2.34. The van der Waals surface area contributed by atoms with Gasteiger partial charge in [0.05, 0.1) is 0 Å². The highest BCUT2D eigenvalue weighted by atomic mass is 16.6. The lowest BCUT2D eigenvalue weighted by Gasteiger charge is -2.17. The molecule has 0 atom stereocenters. The summed E-state index contributed by atoms with van der Waals surface area (Å²) in [4.78, 5) is 4.20. The summed E-state index contributed by atoms with van der Waals surface area (Å²) in [5, 5.41) is 0. The van der Waals surface area contributed by atoms with Gasteiger partial charge in [-0.15, -0.1) is 0 Å². The van der Waals surface area contributed by atoms with Gasteiger partial charge in [0, 0.05) is 6.20 Å². The van der Waals surface area contributed by atoms with Crippen molar-refractivity contribution in [3.8, 4) is 11.5 Å². The zero-order valence-electron chi connectivity index (χ0n) is 8.46. The lowest BCUT2D eigenvalue weighted by Crippen LogP contribution is -2.05. The molecule has 0 saturated heterocycles. The third-order valence-corrected chi connectivity index (χ3v) is 2.28. The fourth-order valence-corrected chi connectivity index (χ4v) is 1.51. The van der Waals surface area contributed by atoms with Crippen molar-refractivity contribution in [1.82, 2.24) is 4.98 Å². The molecule has 1 aliphatic heterocycles. The van der Waals surface area contributed by atoms with Crippen LogP contribution in [0.5, 0.6) is 11.5 Å². The van der Waals surface area contributed by atoms with E-state index in [4.69, 9.17) is 9.47 Å². The molecule has 0 N–H and O–H groups in total. The van der Waals surface area contributed by atoms with Gasteiger partial charge in [0.25, 0.3) is 0 Å². The van der Waals surface area contributed by atoms with Gasteiger partial charge in [-0.05, 0) is 24.3 Å². The molecule has 1 aromatic carbocycles. The average molecular weight is 211 g/mol. The van der Waals surface area contributed by atoms with Crippen LogP contribution >= 0.6 is 0 Å². The largest absolute Gasteiger partial charge is 0.457 e. The molecule has 1 aromatic heterocycles. The number of para-hydroxylation sites is 2. The second-order valence-electron chi connectivity index (χ2n) is 3.36. The van der Waals surface area contributed by atoms with Gasteiger partial charge in [-0.25, -0.2) is 0 Å². The number of aromatic nitrogens is 1. The SMILES string of the molecule is C1=C(c2ccccn2)Oc2ccccc2O1. The molecule has 0 fully saturated rings. The molecular formula is C13H9NO2. The van der Waals surface area contributed by atoms with E-state index in [1.807, 2.05) is 42.5 Å². The molecule has 0 bridgehead atoms. The molecule has 2 aromatic rings. The summed E-state index contributed by atoms with van der Waals surface area (Å²) in [6, 6.07) is 13.2. The minimum atomic E-state index is 0.624. The molecule has 3 rings (SSSR count). The van der Waals surface area contributed by atoms with Gasteiger partial charge in [-0.1, -0.05) is 18.2 Å². The quantitative estimate of drug-likeness (QED) is 0.726. The Labute approximate surface area is 93.0 Å². The summed E-state index contributed by atoms with van der Waals surface area (Å²) in [6.45, 7) is 0. The number of pyridine rings is 1. The monoisotopic (exact) mass is 211 g/mol. The molecule has 2 heterocycles. The van der Waals surface area contributed by atoms with Crippen molar-refractivity contribution in [1.29, 1.82) is 0 Å². The second kappa shape index (κ2) is 3.70. The third kappa shape index (κ3) is 1.52. The molecule has 1 aliphatic rings. The van der Waals surface area contributed by atoms with Crippen LogP contribution in [0.15, 0.2) is 54.9 Å². The van der Waals surface area contributed by atoms with E-state index in [0.29, 0.717) is 11.5 Å². The van der Waals surface area contributed by atoms with Crippen molar-refractivity contribution < 1.29 is 9.47 Å². The lowest BCUT2D eigenvalue weighted by atomic mass is 10.2. The molecule has 78 valence electrons. The highest BCUT2D eigenvalue weighted by Gasteiger charge is 2.15. The summed E-state index contributed by atoms with van der Waals surface area (Å²) in [5.74, 6) is 2.06. The van der Waals surface area contributed by atoms with E-state index in [1.54, 1.807) is 12.5 Å². The van der Waals surface area contributed by atoms with E-state index in [9.17, 15) is 0 Å². The topological polar surface area (TPSA) is 31.4 Å². The maximum Gasteiger partial charge on any atom is 0.188 e. The van der Waals surface area contributed by atoms with Gasteiger partial charge in [0.1, 0.15) is 12.0 Å². The first-order chi connectivity index (χ1) is 7.93. The van der Waals surface area contributed by atoms with E-state index in [0.717, 1.165) is 11.4 Å². The van der Waals surface area contributed by atoms with E-state index in [2.05, 4.69) is 4.98 Å². The molecule has 3 nitrogen and oxygen atoms in total. The van der Waals surface area contributed by atoms with Crippen molar-refractivity contribution in [2.24, 2.45) is 0 Å². The Morgan fingerprint density at radius 2 is 1.69 bits per heavy atom. The van der Waals surface area contributed by atoms with Gasteiger partial charge < -0.3 is 9.47 Å². The van der Waals surface area contributed by atoms with Gasteiger partial charge in [-0.3, -0.25) is 4.98 Å². The van der Waals surface area contributed by atoms with Crippen molar-refractivity contribution in [3.63, 3.8) is 0 Å². The van der Waals surface area contributed by atoms with Gasteiger partial charge >= 0.3 is 0 Å². The van der Waals surface area contributed by atoms with Gasteiger partial charge in [-0.2, -0.15) is 0 Å². The smallest absolute Gasteiger partial charge is 0.188 e. The first-order valence-corrected chi connectivity index (χ1v) is 4.98. The fraction of sp³-hybridized carbons (Fsp3) is 0. The second-order valence-corrected chi connectivity index (χ2v) is 3.36. The van der Waals surface area contributed by atoms with Crippen LogP contribution in [0, 0.1) is 0 Å². The zero-order valence-corrected chi connectivity index (χ0v) is 8.46. The Hall–Kier alpha value is -2.29. The Bertz CT molecular complexity index is 535. The summed E-state index contributed by atoms with van der Waals surface area (Å²) >= 11 is 0. The normalized spacial score (nSPS) is 13.1. The molecule has 0 spiro atoms. The summed E-state index contributed by atoms with van der Waals surface area (Å²) < 4.78 is 11.2. The number of hydrogen-bond acceptors (Lipinski definition) is 3. The number of rotatable bonds is 1. The Morgan fingerprint density at radius 3 is 2.50 bits per heavy atom. The van der Waals surface area contributed by atoms with E-state index >= 15 is 0 Å². The van der Waals surface area contributed by atoms with Crippen LogP contribution < -0.4 is 9.47 Å². The van der Waals surface area contributed by atoms with Crippen molar-refractivity contribution in [3.05, 3.63) is 60.6 Å². The number of ether oxygens (including phenoxy) is 2. The molecule has 0 unspecified atom stereocenters. The molecule has 3 heteroatoms. The van der Waals surface area contributed by atoms with Crippen molar-refractivity contribution >= 4 is 5.76 Å². The Balaban J connectivity index is 1.95. The summed E-state index contributed by atoms with van der Waals surface area (Å²) in [5.41, 5.74) is 0.761. The fourth-order valence-electron chi connectivity index (χ4n) is 1.51. The van der Waals surface area contributed by atoms with Crippen LogP contribution in [0.1, 0.15) is 5.69 Å². The predicted octanol–water partition coefficient (Wildman–Crippen LogP) is 2.85. The van der Waals surface area contributed by atoms with Crippen LogP contribution in [-0.4, -0.2) is 4.98 Å². The van der Waals surface area contributed by atoms with Crippen LogP contribution in [0.25, 0.3) is 5.76 Å². The van der Waals surface area contributed by atoms with Crippen LogP contribution in [-0.2, 0) is 0 Å². The van der Waals surface area contributed by atoms with E-state index < -0.39 is 0 Å². The van der Waals surface area contributed by atoms with Crippen molar-refractivity contribution in [2.75, 3.05) is 0 Å². The van der Waals surface area contributed by atoms with Crippen molar-refractivity contribution in [2.45, 2.75) is 0 Å². The van der Waals surface area contributed by atoms with E-state index in [-0.39, 0.29) is 0 Å². The molecule has 0 amide bonds. The van der Waals surface area contributed by atoms with Crippen LogP contribution in [0.3, 0.4) is 0 Å².